The van der Waals surface area contributed by atoms with Gasteiger partial charge in [0.05, 0.1) is 50.3 Å². The van der Waals surface area contributed by atoms with E-state index >= 15 is 0 Å². The van der Waals surface area contributed by atoms with E-state index in [4.69, 9.17) is 2.74 Å². The number of aliphatic hydroxyl groups is 1. The van der Waals surface area contributed by atoms with Gasteiger partial charge in [-0.2, -0.15) is 5.10 Å². The van der Waals surface area contributed by atoms with Crippen LogP contribution in [-0.2, 0) is 23.6 Å². The van der Waals surface area contributed by atoms with Crippen molar-refractivity contribution in [1.82, 2.24) is 24.3 Å². The highest BCUT2D eigenvalue weighted by Crippen LogP contribution is 2.41. The second-order valence-corrected chi connectivity index (χ2v) is 12.7. The molecule has 1 aromatic heterocycles. The molecule has 1 amide bonds. The molecular weight excluding hydrogens is 518 g/mol. The Labute approximate surface area is 231 Å². The van der Waals surface area contributed by atoms with Gasteiger partial charge >= 0.3 is 0 Å². The molecule has 11 nitrogen and oxygen atoms in total. The molecule has 2 N–H and O–H groups in total. The summed E-state index contributed by atoms with van der Waals surface area (Å²) < 4.78 is 48.6. The van der Waals surface area contributed by atoms with E-state index in [9.17, 15) is 18.3 Å². The molecule has 2 aromatic rings. The van der Waals surface area contributed by atoms with Crippen LogP contribution in [0.4, 0.5) is 5.69 Å². The second-order valence-electron chi connectivity index (χ2n) is 11.0. The maximum atomic E-state index is 14.0. The number of β-amino-alcohol motifs (C(OH)–C–C–N with tert-alkyl or cyclic N) is 1. The average Bonchev–Trinajstić information content (AvgIpc) is 3.76. The highest BCUT2D eigenvalue weighted by Gasteiger charge is 2.46. The average molecular weight is 554 g/mol. The Morgan fingerprint density at radius 2 is 2.08 bits per heavy atom. The fraction of sp³-hybridized carbons (Fsp3) is 0.519. The number of guanidine groups is 1. The summed E-state index contributed by atoms with van der Waals surface area (Å²) in [7, 11) is -0.338. The van der Waals surface area contributed by atoms with Crippen molar-refractivity contribution in [3.8, 4) is 11.8 Å². The molecule has 4 aliphatic rings. The fourth-order valence-corrected chi connectivity index (χ4v) is 6.48. The highest BCUT2D eigenvalue weighted by molar-refractivity contribution is 7.89. The number of amides is 1. The molecule has 0 spiro atoms. The van der Waals surface area contributed by atoms with Gasteiger partial charge in [-0.1, -0.05) is 11.8 Å². The van der Waals surface area contributed by atoms with Crippen LogP contribution in [0.2, 0.25) is 0 Å². The number of aliphatic imine (C=N–C) groups is 1. The van der Waals surface area contributed by atoms with Crippen molar-refractivity contribution in [1.29, 1.82) is 0 Å². The van der Waals surface area contributed by atoms with E-state index in [1.807, 2.05) is 18.9 Å². The quantitative estimate of drug-likeness (QED) is 0.466. The number of carbonyl (C=O) groups excluding carboxylic acids is 1. The molecule has 0 bridgehead atoms. The molecule has 2 fully saturated rings. The number of nitrogens with one attached hydrogen (secondary N) is 1. The molecule has 12 heteroatoms. The van der Waals surface area contributed by atoms with Crippen LogP contribution in [0, 0.1) is 11.8 Å². The largest absolute Gasteiger partial charge is 0.395 e. The first-order chi connectivity index (χ1) is 19.3. The van der Waals surface area contributed by atoms with Gasteiger partial charge in [0.15, 0.2) is 0 Å². The van der Waals surface area contributed by atoms with Crippen molar-refractivity contribution in [2.45, 2.75) is 61.1 Å². The van der Waals surface area contributed by atoms with Crippen LogP contribution in [0.15, 0.2) is 40.5 Å². The topological polar surface area (TPSA) is 123 Å². The van der Waals surface area contributed by atoms with Crippen LogP contribution in [0.25, 0.3) is 0 Å². The van der Waals surface area contributed by atoms with Crippen LogP contribution in [0.5, 0.6) is 0 Å². The normalized spacial score (nSPS) is 23.4. The minimum Gasteiger partial charge on any atom is -0.395 e. The maximum Gasteiger partial charge on any atom is 0.263 e. The van der Waals surface area contributed by atoms with Crippen molar-refractivity contribution in [3.05, 3.63) is 41.7 Å². The maximum absolute atomic E-state index is 14.0. The Kier molecular flexibility index (Phi) is 5.55. The summed E-state index contributed by atoms with van der Waals surface area (Å²) in [6.07, 6.45) is 6.06. The number of hydrogen-bond acceptors (Lipinski definition) is 8. The summed E-state index contributed by atoms with van der Waals surface area (Å²) in [5.41, 5.74) is -0.211. The lowest BCUT2D eigenvalue weighted by atomic mass is 10.1. The standard InChI is InChI=1S/C27H33N7O4S/c1-26(8-9-26)30-39(37,38)21-4-5-23-22(14-21)24(36)33(18-19-15-29-32(3)17-19)25-28-16-20(34(23)25)6-7-27(10-11-27)31(2)12-13-35/h4-5,14-15,17,20,30,35H,8-13,16,18H2,1-3H3/t20-/m0/s1/i18D2. The summed E-state index contributed by atoms with van der Waals surface area (Å²) in [4.78, 5) is 23.3. The summed E-state index contributed by atoms with van der Waals surface area (Å²) >= 11 is 0. The summed E-state index contributed by atoms with van der Waals surface area (Å²) in [5, 5.41) is 13.5. The third-order valence-corrected chi connectivity index (χ3v) is 9.43. The molecule has 2 aliphatic carbocycles. The van der Waals surface area contributed by atoms with E-state index in [0.29, 0.717) is 12.2 Å². The van der Waals surface area contributed by atoms with E-state index in [2.05, 4.69) is 26.7 Å². The van der Waals surface area contributed by atoms with Gasteiger partial charge in [0.1, 0.15) is 6.04 Å². The number of carbonyl (C=O) groups is 1. The summed E-state index contributed by atoms with van der Waals surface area (Å²) in [5.74, 6) is 6.09. The van der Waals surface area contributed by atoms with E-state index in [1.165, 1.54) is 29.2 Å². The van der Waals surface area contributed by atoms with E-state index in [0.717, 1.165) is 30.6 Å². The molecule has 1 aromatic carbocycles. The molecule has 0 saturated heterocycles. The van der Waals surface area contributed by atoms with Gasteiger partial charge in [-0.05, 0) is 57.9 Å². The zero-order chi connectivity index (χ0) is 29.4. The van der Waals surface area contributed by atoms with Gasteiger partial charge in [-0.15, -0.1) is 0 Å². The SMILES string of the molecule is [2H]C([2H])(c1cnn(C)c1)N1C(=O)c2cc(S(=O)(=O)NC3(C)CC3)ccc2N2C1=NC[C@@H]2C#CC1(N(C)CCO)CC1. The predicted molar refractivity (Wildman–Crippen MR) is 146 cm³/mol. The highest BCUT2D eigenvalue weighted by atomic mass is 32.2. The fourth-order valence-electron chi connectivity index (χ4n) is 4.99. The van der Waals surface area contributed by atoms with Gasteiger partial charge in [0.25, 0.3) is 5.91 Å². The van der Waals surface area contributed by atoms with Gasteiger partial charge in [-0.3, -0.25) is 24.2 Å². The number of aromatic nitrogens is 2. The van der Waals surface area contributed by atoms with Gasteiger partial charge in [-0.25, -0.2) is 18.1 Å². The minimum atomic E-state index is -3.92. The molecule has 1 atom stereocenters. The Hall–Kier alpha value is -3.24. The van der Waals surface area contributed by atoms with Crippen molar-refractivity contribution in [2.24, 2.45) is 12.0 Å². The number of aliphatic hydroxyl groups excluding tert-OH is 1. The lowest BCUT2D eigenvalue weighted by molar-refractivity contribution is 0.0833. The third kappa shape index (κ3) is 4.74. The number of anilines is 1. The van der Waals surface area contributed by atoms with Crippen molar-refractivity contribution in [3.63, 3.8) is 0 Å². The molecule has 3 heterocycles. The van der Waals surface area contributed by atoms with E-state index in [-0.39, 0.29) is 40.7 Å². The van der Waals surface area contributed by atoms with Gasteiger partial charge in [0, 0.05) is 30.9 Å². The lowest BCUT2D eigenvalue weighted by Gasteiger charge is -2.37. The Morgan fingerprint density at radius 1 is 1.31 bits per heavy atom. The van der Waals surface area contributed by atoms with Gasteiger partial charge in [0.2, 0.25) is 16.0 Å². The second kappa shape index (κ2) is 9.16. The molecule has 0 unspecified atom stereocenters. The van der Waals surface area contributed by atoms with Crippen LogP contribution >= 0.6 is 0 Å². The van der Waals surface area contributed by atoms with Crippen LogP contribution in [-0.4, -0.2) is 88.8 Å². The Morgan fingerprint density at radius 3 is 2.72 bits per heavy atom. The minimum absolute atomic E-state index is 0.0237. The smallest absolute Gasteiger partial charge is 0.263 e. The molecule has 2 aliphatic heterocycles. The van der Waals surface area contributed by atoms with Gasteiger partial charge < -0.3 is 5.11 Å². The number of benzene rings is 1. The molecular formula is C27H33N7O4S. The Bertz CT molecular complexity index is 1620. The molecule has 0 radical (unpaired) electrons. The first-order valence-corrected chi connectivity index (χ1v) is 14.5. The Balaban J connectivity index is 1.43. The number of aryl methyl sites for hydroxylation is 1. The molecule has 39 heavy (non-hydrogen) atoms. The van der Waals surface area contributed by atoms with Crippen LogP contribution in [0.1, 0.15) is 51.3 Å². The zero-order valence-corrected chi connectivity index (χ0v) is 23.0. The van der Waals surface area contributed by atoms with Crippen molar-refractivity contribution in [2.75, 3.05) is 31.6 Å². The number of sulfonamides is 1. The summed E-state index contributed by atoms with van der Waals surface area (Å²) in [6.45, 7) is 0.213. The van der Waals surface area contributed by atoms with E-state index < -0.39 is 34.0 Å². The number of rotatable bonds is 8. The molecule has 6 rings (SSSR count). The molecule has 2 saturated carbocycles. The van der Waals surface area contributed by atoms with Crippen molar-refractivity contribution >= 4 is 27.6 Å². The lowest BCUT2D eigenvalue weighted by Crippen LogP contribution is -2.52. The van der Waals surface area contributed by atoms with Crippen LogP contribution in [0.3, 0.4) is 0 Å². The van der Waals surface area contributed by atoms with E-state index in [1.54, 1.807) is 18.0 Å². The monoisotopic (exact) mass is 553 g/mol. The number of likely N-dealkylation sites (N-methyl/N-ethyl adjacent to an activating group) is 1. The first-order valence-electron chi connectivity index (χ1n) is 14.0. The van der Waals surface area contributed by atoms with Crippen molar-refractivity contribution < 1.29 is 21.1 Å². The predicted octanol–water partition coefficient (Wildman–Crippen LogP) is 0.912. The number of hydrogen-bond donors (Lipinski definition) is 2. The van der Waals surface area contributed by atoms with Crippen LogP contribution < -0.4 is 9.62 Å². The first kappa shape index (κ1) is 23.6. The summed E-state index contributed by atoms with van der Waals surface area (Å²) in [6, 6.07) is 3.85. The number of nitrogens with zero attached hydrogens (tertiary/aromatic N) is 6. The third-order valence-electron chi connectivity index (χ3n) is 7.79. The number of fused-ring (bicyclic) bond motifs is 3. The zero-order valence-electron chi connectivity index (χ0n) is 24.2. The molecule has 206 valence electrons.